The highest BCUT2D eigenvalue weighted by Crippen LogP contribution is 2.24. The molecule has 2 heteroatoms. The molecule has 0 saturated heterocycles. The maximum Gasteiger partial charge on any atom is 0.0474 e. The largest absolute Gasteiger partial charge is 0.396 e. The summed E-state index contributed by atoms with van der Waals surface area (Å²) < 4.78 is 0. The van der Waals surface area contributed by atoms with Gasteiger partial charge >= 0.3 is 0 Å². The summed E-state index contributed by atoms with van der Waals surface area (Å²) in [6.45, 7) is 3.69. The molecule has 2 N–H and O–H groups in total. The van der Waals surface area contributed by atoms with E-state index in [-0.39, 0.29) is 0 Å². The fourth-order valence-electron chi connectivity index (χ4n) is 3.13. The van der Waals surface area contributed by atoms with E-state index in [9.17, 15) is 5.11 Å². The van der Waals surface area contributed by atoms with Gasteiger partial charge in [-0.15, -0.1) is 0 Å². The smallest absolute Gasteiger partial charge is 0.0474 e. The lowest BCUT2D eigenvalue weighted by Crippen LogP contribution is -2.40. The van der Waals surface area contributed by atoms with E-state index in [4.69, 9.17) is 0 Å². The predicted octanol–water partition coefficient (Wildman–Crippen LogP) is 3.32. The van der Waals surface area contributed by atoms with Gasteiger partial charge in [-0.1, -0.05) is 50.1 Å². The molecule has 1 saturated carbocycles. The second-order valence-electron chi connectivity index (χ2n) is 5.89. The summed E-state index contributed by atoms with van der Waals surface area (Å²) in [5.41, 5.74) is 1.42. The highest BCUT2D eigenvalue weighted by atomic mass is 16.3. The monoisotopic (exact) mass is 261 g/mol. The van der Waals surface area contributed by atoms with E-state index in [1.807, 2.05) is 0 Å². The first kappa shape index (κ1) is 14.5. The highest BCUT2D eigenvalue weighted by molar-refractivity contribution is 5.18. The van der Waals surface area contributed by atoms with Gasteiger partial charge in [0.15, 0.2) is 0 Å². The Hall–Kier alpha value is -0.860. The van der Waals surface area contributed by atoms with Crippen molar-refractivity contribution in [2.24, 2.45) is 5.92 Å². The second-order valence-corrected chi connectivity index (χ2v) is 5.89. The summed E-state index contributed by atoms with van der Waals surface area (Å²) in [4.78, 5) is 0. The van der Waals surface area contributed by atoms with Crippen molar-refractivity contribution >= 4 is 0 Å². The summed E-state index contributed by atoms with van der Waals surface area (Å²) in [5, 5.41) is 13.1. The van der Waals surface area contributed by atoms with E-state index < -0.39 is 0 Å². The molecule has 0 spiro atoms. The first-order valence-corrected chi connectivity index (χ1v) is 7.70. The van der Waals surface area contributed by atoms with Gasteiger partial charge in [0.25, 0.3) is 0 Å². The summed E-state index contributed by atoms with van der Waals surface area (Å²) in [6.07, 6.45) is 6.16. The van der Waals surface area contributed by atoms with Crippen LogP contribution >= 0.6 is 0 Å². The van der Waals surface area contributed by atoms with E-state index >= 15 is 0 Å². The van der Waals surface area contributed by atoms with Crippen LogP contribution in [-0.4, -0.2) is 24.3 Å². The molecule has 2 nitrogen and oxygen atoms in total. The lowest BCUT2D eigenvalue weighted by atomic mass is 9.85. The number of rotatable bonds is 6. The molecule has 3 atom stereocenters. The molecular weight excluding hydrogens is 234 g/mol. The van der Waals surface area contributed by atoms with E-state index in [0.717, 1.165) is 6.54 Å². The van der Waals surface area contributed by atoms with Crippen molar-refractivity contribution in [1.29, 1.82) is 0 Å². The van der Waals surface area contributed by atoms with Gasteiger partial charge in [-0.3, -0.25) is 0 Å². The first-order chi connectivity index (χ1) is 9.31. The quantitative estimate of drug-likeness (QED) is 0.823. The van der Waals surface area contributed by atoms with Crippen molar-refractivity contribution in [2.45, 2.75) is 51.0 Å². The predicted molar refractivity (Wildman–Crippen MR) is 80.3 cm³/mol. The Kier molecular flexibility index (Phi) is 5.87. The number of aliphatic hydroxyl groups excluding tert-OH is 1. The minimum Gasteiger partial charge on any atom is -0.396 e. The van der Waals surface area contributed by atoms with Crippen molar-refractivity contribution < 1.29 is 5.11 Å². The molecule has 106 valence electrons. The van der Waals surface area contributed by atoms with Crippen molar-refractivity contribution in [3.63, 3.8) is 0 Å². The Bertz CT molecular complexity index is 352. The lowest BCUT2D eigenvalue weighted by Gasteiger charge is -2.31. The zero-order valence-electron chi connectivity index (χ0n) is 12.0. The molecule has 1 aromatic rings. The minimum absolute atomic E-state index is 0.339. The standard InChI is InChI=1S/C17H27NO/c1-14(15-7-3-2-4-8-15)11-12-18-17-10-6-5-9-16(17)13-19/h2-4,7-8,14,16-19H,5-6,9-13H2,1H3. The SMILES string of the molecule is CC(CCNC1CCCCC1CO)c1ccccc1. The number of aliphatic hydroxyl groups is 1. The van der Waals surface area contributed by atoms with E-state index in [1.165, 1.54) is 37.7 Å². The molecule has 1 aliphatic carbocycles. The van der Waals surface area contributed by atoms with Crippen LogP contribution in [-0.2, 0) is 0 Å². The van der Waals surface area contributed by atoms with Gasteiger partial charge in [-0.25, -0.2) is 0 Å². The molecule has 0 bridgehead atoms. The zero-order valence-corrected chi connectivity index (χ0v) is 12.0. The van der Waals surface area contributed by atoms with Gasteiger partial charge in [0.2, 0.25) is 0 Å². The van der Waals surface area contributed by atoms with Crippen LogP contribution in [0.3, 0.4) is 0 Å². The molecule has 3 unspecified atom stereocenters. The Morgan fingerprint density at radius 2 is 1.95 bits per heavy atom. The number of benzene rings is 1. The maximum absolute atomic E-state index is 9.41. The van der Waals surface area contributed by atoms with Crippen LogP contribution in [0.2, 0.25) is 0 Å². The third-order valence-electron chi connectivity index (χ3n) is 4.50. The molecule has 0 heterocycles. The molecule has 19 heavy (non-hydrogen) atoms. The summed E-state index contributed by atoms with van der Waals surface area (Å²) >= 11 is 0. The zero-order chi connectivity index (χ0) is 13.5. The summed E-state index contributed by atoms with van der Waals surface area (Å²) in [7, 11) is 0. The van der Waals surface area contributed by atoms with Crippen molar-refractivity contribution in [1.82, 2.24) is 5.32 Å². The number of nitrogens with one attached hydrogen (secondary N) is 1. The van der Waals surface area contributed by atoms with E-state index in [2.05, 4.69) is 42.6 Å². The Morgan fingerprint density at radius 3 is 2.68 bits per heavy atom. The van der Waals surface area contributed by atoms with Crippen LogP contribution in [0.4, 0.5) is 0 Å². The molecule has 0 amide bonds. The molecule has 1 aromatic carbocycles. The van der Waals surface area contributed by atoms with Crippen LogP contribution in [0.1, 0.15) is 50.5 Å². The van der Waals surface area contributed by atoms with Gasteiger partial charge in [-0.2, -0.15) is 0 Å². The average molecular weight is 261 g/mol. The van der Waals surface area contributed by atoms with E-state index in [1.54, 1.807) is 0 Å². The van der Waals surface area contributed by atoms with Crippen LogP contribution in [0, 0.1) is 5.92 Å². The van der Waals surface area contributed by atoms with Gasteiger partial charge in [0.05, 0.1) is 0 Å². The van der Waals surface area contributed by atoms with Crippen LogP contribution < -0.4 is 5.32 Å². The molecule has 1 aliphatic rings. The van der Waals surface area contributed by atoms with Crippen LogP contribution in [0.15, 0.2) is 30.3 Å². The van der Waals surface area contributed by atoms with Crippen molar-refractivity contribution in [2.75, 3.05) is 13.2 Å². The molecule has 0 aliphatic heterocycles. The van der Waals surface area contributed by atoms with Crippen molar-refractivity contribution in [3.05, 3.63) is 35.9 Å². The number of hydrogen-bond acceptors (Lipinski definition) is 2. The summed E-state index contributed by atoms with van der Waals surface area (Å²) in [5.74, 6) is 1.07. The van der Waals surface area contributed by atoms with E-state index in [0.29, 0.717) is 24.5 Å². The third kappa shape index (κ3) is 4.32. The Labute approximate surface area is 117 Å². The molecular formula is C17H27NO. The fourth-order valence-corrected chi connectivity index (χ4v) is 3.13. The van der Waals surface area contributed by atoms with Gasteiger partial charge in [0.1, 0.15) is 0 Å². The van der Waals surface area contributed by atoms with Crippen LogP contribution in [0.25, 0.3) is 0 Å². The second kappa shape index (κ2) is 7.66. The first-order valence-electron chi connectivity index (χ1n) is 7.70. The van der Waals surface area contributed by atoms with Crippen molar-refractivity contribution in [3.8, 4) is 0 Å². The molecule has 1 fully saturated rings. The molecule has 0 aromatic heterocycles. The maximum atomic E-state index is 9.41. The van der Waals surface area contributed by atoms with Crippen LogP contribution in [0.5, 0.6) is 0 Å². The Balaban J connectivity index is 1.73. The fraction of sp³-hybridized carbons (Fsp3) is 0.647. The topological polar surface area (TPSA) is 32.3 Å². The van der Waals surface area contributed by atoms with Gasteiger partial charge in [0, 0.05) is 12.6 Å². The summed E-state index contributed by atoms with van der Waals surface area (Å²) in [6, 6.07) is 11.2. The van der Waals surface area contributed by atoms with Gasteiger partial charge in [-0.05, 0) is 43.2 Å². The molecule has 2 rings (SSSR count). The highest BCUT2D eigenvalue weighted by Gasteiger charge is 2.23. The lowest BCUT2D eigenvalue weighted by molar-refractivity contribution is 0.153. The molecule has 0 radical (unpaired) electrons. The van der Waals surface area contributed by atoms with Gasteiger partial charge < -0.3 is 10.4 Å². The Morgan fingerprint density at radius 1 is 1.21 bits per heavy atom. The minimum atomic E-state index is 0.339. The third-order valence-corrected chi connectivity index (χ3v) is 4.50. The average Bonchev–Trinajstić information content (AvgIpc) is 2.48. The normalized spacial score (nSPS) is 25.2. The number of hydrogen-bond donors (Lipinski definition) is 2.